The molecule has 2 heteroatoms. The highest BCUT2D eigenvalue weighted by Gasteiger charge is 2.04. The molecule has 0 radical (unpaired) electrons. The highest BCUT2D eigenvalue weighted by Crippen LogP contribution is 2.10. The third-order valence-electron chi connectivity index (χ3n) is 3.38. The monoisotopic (exact) mass is 243 g/mol. The van der Waals surface area contributed by atoms with Crippen LogP contribution in [0.25, 0.3) is 0 Å². The zero-order chi connectivity index (χ0) is 12.8. The Kier molecular flexibility index (Phi) is 13.9. The van der Waals surface area contributed by atoms with Crippen molar-refractivity contribution in [2.75, 3.05) is 20.3 Å². The number of rotatable bonds is 13. The van der Waals surface area contributed by atoms with Gasteiger partial charge in [0.1, 0.15) is 0 Å². The first-order valence-corrected chi connectivity index (χ1v) is 7.60. The van der Waals surface area contributed by atoms with Gasteiger partial charge in [0.2, 0.25) is 0 Å². The Morgan fingerprint density at radius 2 is 1.53 bits per heavy atom. The highest BCUT2D eigenvalue weighted by atomic mass is 16.5. The normalized spacial score (nSPS) is 12.9. The summed E-state index contributed by atoms with van der Waals surface area (Å²) in [6.07, 6.45) is 12.2. The lowest BCUT2D eigenvalue weighted by atomic mass is 10.0. The molecule has 0 amide bonds. The van der Waals surface area contributed by atoms with E-state index < -0.39 is 0 Å². The smallest absolute Gasteiger partial charge is 0.0480 e. The van der Waals surface area contributed by atoms with Crippen molar-refractivity contribution in [3.63, 3.8) is 0 Å². The van der Waals surface area contributed by atoms with E-state index in [0.717, 1.165) is 19.6 Å². The summed E-state index contributed by atoms with van der Waals surface area (Å²) in [7, 11) is 2.07. The average molecular weight is 243 g/mol. The van der Waals surface area contributed by atoms with Crippen molar-refractivity contribution < 1.29 is 4.74 Å². The minimum atomic E-state index is 0.650. The van der Waals surface area contributed by atoms with Crippen molar-refractivity contribution >= 4 is 0 Å². The summed E-state index contributed by atoms with van der Waals surface area (Å²) in [5.74, 6) is 0. The molecule has 1 unspecified atom stereocenters. The first-order valence-electron chi connectivity index (χ1n) is 7.60. The van der Waals surface area contributed by atoms with Gasteiger partial charge in [0.15, 0.2) is 0 Å². The standard InChI is InChI=1S/C15H33NO/c1-4-6-7-8-9-10-11-12-15(16-3)13-14-17-5-2/h15-16H,4-14H2,1-3H3. The van der Waals surface area contributed by atoms with Crippen LogP contribution in [-0.4, -0.2) is 26.3 Å². The van der Waals surface area contributed by atoms with Crippen molar-refractivity contribution in [1.29, 1.82) is 0 Å². The molecule has 0 rings (SSSR count). The second-order valence-electron chi connectivity index (χ2n) is 4.88. The van der Waals surface area contributed by atoms with E-state index in [-0.39, 0.29) is 0 Å². The predicted octanol–water partition coefficient (Wildman–Crippen LogP) is 4.14. The molecular weight excluding hydrogens is 210 g/mol. The lowest BCUT2D eigenvalue weighted by Gasteiger charge is -2.15. The SMILES string of the molecule is CCCCCCCCCC(CCOCC)NC. The fourth-order valence-electron chi connectivity index (χ4n) is 2.15. The Bertz CT molecular complexity index is 139. The molecule has 0 aromatic carbocycles. The first kappa shape index (κ1) is 16.9. The van der Waals surface area contributed by atoms with Crippen molar-refractivity contribution in [3.8, 4) is 0 Å². The summed E-state index contributed by atoms with van der Waals surface area (Å²) in [6.45, 7) is 6.08. The van der Waals surface area contributed by atoms with Gasteiger partial charge in [-0.25, -0.2) is 0 Å². The van der Waals surface area contributed by atoms with Gasteiger partial charge >= 0.3 is 0 Å². The molecule has 0 saturated heterocycles. The zero-order valence-corrected chi connectivity index (χ0v) is 12.3. The topological polar surface area (TPSA) is 21.3 Å². The maximum absolute atomic E-state index is 5.40. The fraction of sp³-hybridized carbons (Fsp3) is 1.00. The molecule has 1 atom stereocenters. The molecule has 0 aliphatic rings. The Morgan fingerprint density at radius 3 is 2.12 bits per heavy atom. The Balaban J connectivity index is 3.25. The number of unbranched alkanes of at least 4 members (excludes halogenated alkanes) is 6. The number of nitrogens with one attached hydrogen (secondary N) is 1. The van der Waals surface area contributed by atoms with E-state index in [2.05, 4.69) is 26.2 Å². The van der Waals surface area contributed by atoms with E-state index in [1.54, 1.807) is 0 Å². The third kappa shape index (κ3) is 12.2. The van der Waals surface area contributed by atoms with Crippen LogP contribution >= 0.6 is 0 Å². The number of hydrogen-bond donors (Lipinski definition) is 1. The van der Waals surface area contributed by atoms with E-state index >= 15 is 0 Å². The van der Waals surface area contributed by atoms with E-state index in [4.69, 9.17) is 4.74 Å². The summed E-state index contributed by atoms with van der Waals surface area (Å²) in [5, 5.41) is 3.39. The van der Waals surface area contributed by atoms with E-state index in [9.17, 15) is 0 Å². The minimum Gasteiger partial charge on any atom is -0.382 e. The Labute approximate surface area is 109 Å². The maximum Gasteiger partial charge on any atom is 0.0480 e. The molecule has 0 heterocycles. The van der Waals surface area contributed by atoms with Crippen molar-refractivity contribution in [1.82, 2.24) is 5.32 Å². The van der Waals surface area contributed by atoms with Gasteiger partial charge in [-0.05, 0) is 26.8 Å². The molecular formula is C15H33NO. The lowest BCUT2D eigenvalue weighted by molar-refractivity contribution is 0.136. The second kappa shape index (κ2) is 14.0. The van der Waals surface area contributed by atoms with Crippen LogP contribution in [0.1, 0.15) is 71.6 Å². The van der Waals surface area contributed by atoms with Crippen molar-refractivity contribution in [2.24, 2.45) is 0 Å². The fourth-order valence-corrected chi connectivity index (χ4v) is 2.15. The van der Waals surface area contributed by atoms with Crippen molar-refractivity contribution in [2.45, 2.75) is 77.7 Å². The molecule has 2 nitrogen and oxygen atoms in total. The van der Waals surface area contributed by atoms with Crippen LogP contribution in [0.5, 0.6) is 0 Å². The quantitative estimate of drug-likeness (QED) is 0.491. The highest BCUT2D eigenvalue weighted by molar-refractivity contribution is 4.64. The summed E-state index contributed by atoms with van der Waals surface area (Å²) >= 11 is 0. The van der Waals surface area contributed by atoms with Crippen LogP contribution in [0.2, 0.25) is 0 Å². The van der Waals surface area contributed by atoms with Gasteiger partial charge in [0.25, 0.3) is 0 Å². The predicted molar refractivity (Wildman–Crippen MR) is 76.6 cm³/mol. The van der Waals surface area contributed by atoms with Crippen LogP contribution in [0.4, 0.5) is 0 Å². The third-order valence-corrected chi connectivity index (χ3v) is 3.38. The number of hydrogen-bond acceptors (Lipinski definition) is 2. The molecule has 0 spiro atoms. The molecule has 104 valence electrons. The molecule has 17 heavy (non-hydrogen) atoms. The summed E-state index contributed by atoms with van der Waals surface area (Å²) in [5.41, 5.74) is 0. The summed E-state index contributed by atoms with van der Waals surface area (Å²) in [4.78, 5) is 0. The van der Waals surface area contributed by atoms with Crippen LogP contribution in [0, 0.1) is 0 Å². The first-order chi connectivity index (χ1) is 8.35. The molecule has 0 aliphatic heterocycles. The minimum absolute atomic E-state index is 0.650. The van der Waals surface area contributed by atoms with Gasteiger partial charge in [-0.15, -0.1) is 0 Å². The molecule has 0 saturated carbocycles. The van der Waals surface area contributed by atoms with Gasteiger partial charge < -0.3 is 10.1 Å². The van der Waals surface area contributed by atoms with Crippen LogP contribution in [0.15, 0.2) is 0 Å². The molecule has 1 N–H and O–H groups in total. The molecule has 0 aliphatic carbocycles. The molecule has 0 aromatic rings. The van der Waals surface area contributed by atoms with Crippen molar-refractivity contribution in [3.05, 3.63) is 0 Å². The van der Waals surface area contributed by atoms with Gasteiger partial charge in [-0.3, -0.25) is 0 Å². The largest absolute Gasteiger partial charge is 0.382 e. The average Bonchev–Trinajstić information content (AvgIpc) is 2.35. The van der Waals surface area contributed by atoms with Gasteiger partial charge in [-0.2, -0.15) is 0 Å². The van der Waals surface area contributed by atoms with Crippen LogP contribution in [0.3, 0.4) is 0 Å². The van der Waals surface area contributed by atoms with Crippen LogP contribution < -0.4 is 5.32 Å². The molecule has 0 fully saturated rings. The van der Waals surface area contributed by atoms with Crippen LogP contribution in [-0.2, 0) is 4.74 Å². The maximum atomic E-state index is 5.40. The van der Waals surface area contributed by atoms with Gasteiger partial charge in [-0.1, -0.05) is 51.9 Å². The zero-order valence-electron chi connectivity index (χ0n) is 12.3. The van der Waals surface area contributed by atoms with Gasteiger partial charge in [0, 0.05) is 19.3 Å². The Morgan fingerprint density at radius 1 is 0.882 bits per heavy atom. The second-order valence-corrected chi connectivity index (χ2v) is 4.88. The summed E-state index contributed by atoms with van der Waals surface area (Å²) in [6, 6.07) is 0.650. The lowest BCUT2D eigenvalue weighted by Crippen LogP contribution is -2.26. The molecule has 0 bridgehead atoms. The van der Waals surface area contributed by atoms with Gasteiger partial charge in [0.05, 0.1) is 0 Å². The van der Waals surface area contributed by atoms with E-state index in [0.29, 0.717) is 6.04 Å². The molecule has 0 aromatic heterocycles. The van der Waals surface area contributed by atoms with E-state index in [1.807, 2.05) is 0 Å². The summed E-state index contributed by atoms with van der Waals surface area (Å²) < 4.78 is 5.40. The number of ether oxygens (including phenoxy) is 1. The van der Waals surface area contributed by atoms with E-state index in [1.165, 1.54) is 51.4 Å². The Hall–Kier alpha value is -0.0800.